The van der Waals surface area contributed by atoms with Gasteiger partial charge in [-0.15, -0.1) is 0 Å². The van der Waals surface area contributed by atoms with E-state index in [0.717, 1.165) is 6.42 Å². The highest BCUT2D eigenvalue weighted by Gasteiger charge is 2.50. The molecule has 36 heavy (non-hydrogen) atoms. The van der Waals surface area contributed by atoms with Gasteiger partial charge in [0.05, 0.1) is 24.3 Å². The molecule has 0 bridgehead atoms. The van der Waals surface area contributed by atoms with Crippen LogP contribution in [0.3, 0.4) is 0 Å². The van der Waals surface area contributed by atoms with E-state index in [2.05, 4.69) is 5.32 Å². The molecule has 0 aromatic rings. The summed E-state index contributed by atoms with van der Waals surface area (Å²) in [5.41, 5.74) is 23.4. The molecule has 3 rings (SSSR count). The molecular weight excluding hydrogens is 478 g/mol. The number of hydrogen-bond acceptors (Lipinski definition) is 13. The van der Waals surface area contributed by atoms with Crippen molar-refractivity contribution >= 4 is 5.91 Å². The van der Waals surface area contributed by atoms with Crippen LogP contribution in [0.15, 0.2) is 12.0 Å². The smallest absolute Gasteiger partial charge is 0.275 e. The van der Waals surface area contributed by atoms with Crippen LogP contribution in [-0.2, 0) is 23.7 Å². The Hall–Kier alpha value is -1.59. The molecule has 0 aromatic heterocycles. The molecule has 4 unspecified atom stereocenters. The minimum Gasteiger partial charge on any atom is -0.461 e. The zero-order chi connectivity index (χ0) is 26.6. The highest BCUT2D eigenvalue weighted by atomic mass is 16.7. The standard InChI is InChI=1S/C22H41N5O9/c1-9-16(29)15(26)17(30)22(33-9)36-20-12(27-21(32)13(28)5-6-23)7-11(25)19(18(20)31)35-14-4-2-3-10(8-24)34-14/h4,9-13,15-20,22,28-31H,2-3,5-8,23-26H2,1H3,(H,27,32)/t9?,10-,11-,12+,13-,15-,16+,17?,18?,19?,20-,22+/m0/s1. The van der Waals surface area contributed by atoms with Crippen molar-refractivity contribution < 1.29 is 44.2 Å². The maximum Gasteiger partial charge on any atom is 0.275 e. The van der Waals surface area contributed by atoms with Crippen LogP contribution >= 0.6 is 0 Å². The molecule has 1 saturated heterocycles. The fourth-order valence-electron chi connectivity index (χ4n) is 4.65. The maximum absolute atomic E-state index is 12.5. The Kier molecular flexibility index (Phi) is 10.3. The third kappa shape index (κ3) is 6.64. The molecule has 13 N–H and O–H groups in total. The van der Waals surface area contributed by atoms with Gasteiger partial charge >= 0.3 is 0 Å². The fourth-order valence-corrected chi connectivity index (χ4v) is 4.65. The van der Waals surface area contributed by atoms with Crippen molar-refractivity contribution in [2.24, 2.45) is 22.9 Å². The number of aliphatic hydroxyl groups is 4. The highest BCUT2D eigenvalue weighted by Crippen LogP contribution is 2.31. The van der Waals surface area contributed by atoms with Gasteiger partial charge in [-0.3, -0.25) is 4.79 Å². The second kappa shape index (κ2) is 12.8. The van der Waals surface area contributed by atoms with Crippen molar-refractivity contribution in [1.29, 1.82) is 0 Å². The molecule has 2 aliphatic heterocycles. The predicted octanol–water partition coefficient (Wildman–Crippen LogP) is -4.18. The summed E-state index contributed by atoms with van der Waals surface area (Å²) in [5.74, 6) is -0.531. The quantitative estimate of drug-likeness (QED) is 0.140. The lowest BCUT2D eigenvalue weighted by atomic mass is 9.83. The second-order valence-electron chi connectivity index (χ2n) is 9.63. The summed E-state index contributed by atoms with van der Waals surface area (Å²) in [4.78, 5) is 12.5. The van der Waals surface area contributed by atoms with Gasteiger partial charge in [0, 0.05) is 12.6 Å². The van der Waals surface area contributed by atoms with Crippen molar-refractivity contribution in [2.45, 2.75) is 106 Å². The summed E-state index contributed by atoms with van der Waals surface area (Å²) in [6.07, 6.45) is -6.59. The molecule has 12 atom stereocenters. The zero-order valence-corrected chi connectivity index (χ0v) is 20.4. The largest absolute Gasteiger partial charge is 0.461 e. The number of carbonyl (C=O) groups excluding carboxylic acids is 1. The Morgan fingerprint density at radius 3 is 2.58 bits per heavy atom. The summed E-state index contributed by atoms with van der Waals surface area (Å²) in [7, 11) is 0. The summed E-state index contributed by atoms with van der Waals surface area (Å²) < 4.78 is 23.2. The summed E-state index contributed by atoms with van der Waals surface area (Å²) in [6, 6.07) is -2.72. The average Bonchev–Trinajstić information content (AvgIpc) is 2.86. The molecule has 2 fully saturated rings. The van der Waals surface area contributed by atoms with Gasteiger partial charge in [0.1, 0.15) is 36.6 Å². The van der Waals surface area contributed by atoms with E-state index in [-0.39, 0.29) is 31.4 Å². The van der Waals surface area contributed by atoms with Crippen molar-refractivity contribution in [3.05, 3.63) is 12.0 Å². The van der Waals surface area contributed by atoms with Gasteiger partial charge in [-0.05, 0) is 45.2 Å². The van der Waals surface area contributed by atoms with Crippen LogP contribution in [0.25, 0.3) is 0 Å². The number of rotatable bonds is 9. The van der Waals surface area contributed by atoms with Crippen LogP contribution in [0.4, 0.5) is 0 Å². The lowest BCUT2D eigenvalue weighted by Gasteiger charge is -2.47. The number of hydrogen-bond donors (Lipinski definition) is 9. The second-order valence-corrected chi connectivity index (χ2v) is 9.63. The van der Waals surface area contributed by atoms with E-state index in [1.165, 1.54) is 0 Å². The zero-order valence-electron chi connectivity index (χ0n) is 20.4. The Morgan fingerprint density at radius 1 is 1.19 bits per heavy atom. The topological polar surface area (TPSA) is 251 Å². The van der Waals surface area contributed by atoms with Gasteiger partial charge in [-0.25, -0.2) is 0 Å². The number of nitrogens with one attached hydrogen (secondary N) is 1. The molecule has 0 aromatic carbocycles. The Morgan fingerprint density at radius 2 is 1.92 bits per heavy atom. The first-order chi connectivity index (χ1) is 17.1. The van der Waals surface area contributed by atoms with Crippen molar-refractivity contribution in [3.63, 3.8) is 0 Å². The fraction of sp³-hybridized carbons (Fsp3) is 0.864. The number of aliphatic hydroxyl groups excluding tert-OH is 4. The summed E-state index contributed by atoms with van der Waals surface area (Å²) in [6.45, 7) is 1.96. The molecule has 3 aliphatic rings. The molecule has 1 saturated carbocycles. The number of allylic oxidation sites excluding steroid dienone is 1. The van der Waals surface area contributed by atoms with Crippen LogP contribution in [0.2, 0.25) is 0 Å². The SMILES string of the molecule is CC1O[C@H](O[C@@H]2C(O)C(OC3=CCC[C@@H](CN)O3)[C@@H](N)C[C@H]2NC(=O)[C@@H](O)CCN)C(O)[C@@H](N)[C@@H]1O. The molecule has 14 nitrogen and oxygen atoms in total. The molecular formula is C22H41N5O9. The third-order valence-electron chi connectivity index (χ3n) is 6.87. The van der Waals surface area contributed by atoms with Crippen molar-refractivity contribution in [2.75, 3.05) is 13.1 Å². The van der Waals surface area contributed by atoms with Gasteiger partial charge in [0.25, 0.3) is 5.95 Å². The van der Waals surface area contributed by atoms with E-state index in [1.807, 2.05) is 0 Å². The Balaban J connectivity index is 1.80. The van der Waals surface area contributed by atoms with Gasteiger partial charge in [-0.1, -0.05) is 0 Å². The first-order valence-electron chi connectivity index (χ1n) is 12.4. The van der Waals surface area contributed by atoms with E-state index in [1.54, 1.807) is 13.0 Å². The monoisotopic (exact) mass is 519 g/mol. The number of amides is 1. The van der Waals surface area contributed by atoms with Crippen molar-refractivity contribution in [3.8, 4) is 0 Å². The van der Waals surface area contributed by atoms with Gasteiger partial charge in [-0.2, -0.15) is 0 Å². The first-order valence-corrected chi connectivity index (χ1v) is 12.4. The summed E-state index contributed by atoms with van der Waals surface area (Å²) >= 11 is 0. The lowest BCUT2D eigenvalue weighted by molar-refractivity contribution is -0.300. The van der Waals surface area contributed by atoms with Crippen LogP contribution in [0, 0.1) is 0 Å². The predicted molar refractivity (Wildman–Crippen MR) is 126 cm³/mol. The lowest BCUT2D eigenvalue weighted by Crippen LogP contribution is -2.68. The number of nitrogens with two attached hydrogens (primary N) is 4. The molecule has 208 valence electrons. The highest BCUT2D eigenvalue weighted by molar-refractivity contribution is 5.80. The van der Waals surface area contributed by atoms with E-state index >= 15 is 0 Å². The molecule has 0 spiro atoms. The normalized spacial score (nSPS) is 42.1. The molecule has 0 radical (unpaired) electrons. The minimum absolute atomic E-state index is 0.0347. The first kappa shape index (κ1) is 29.0. The molecule has 1 aliphatic carbocycles. The van der Waals surface area contributed by atoms with E-state index in [9.17, 15) is 25.2 Å². The molecule has 2 heterocycles. The molecule has 14 heteroatoms. The number of carbonyl (C=O) groups is 1. The molecule has 1 amide bonds. The van der Waals surface area contributed by atoms with Crippen LogP contribution < -0.4 is 28.3 Å². The number of ether oxygens (including phenoxy) is 4. The van der Waals surface area contributed by atoms with Gasteiger partial charge in [0.15, 0.2) is 6.29 Å². The van der Waals surface area contributed by atoms with Crippen LogP contribution in [0.5, 0.6) is 0 Å². The Labute approximate surface area is 209 Å². The van der Waals surface area contributed by atoms with E-state index in [0.29, 0.717) is 13.0 Å². The van der Waals surface area contributed by atoms with Crippen molar-refractivity contribution in [1.82, 2.24) is 5.32 Å². The van der Waals surface area contributed by atoms with Crippen LogP contribution in [-0.4, -0.2) is 113 Å². The van der Waals surface area contributed by atoms with E-state index < -0.39 is 73.1 Å². The van der Waals surface area contributed by atoms with Gasteiger partial charge in [0.2, 0.25) is 5.91 Å². The maximum atomic E-state index is 12.5. The minimum atomic E-state index is -1.42. The Bertz CT molecular complexity index is 761. The third-order valence-corrected chi connectivity index (χ3v) is 6.87. The van der Waals surface area contributed by atoms with Gasteiger partial charge < -0.3 is 67.6 Å². The summed E-state index contributed by atoms with van der Waals surface area (Å²) in [5, 5.41) is 44.6. The van der Waals surface area contributed by atoms with E-state index in [4.69, 9.17) is 41.9 Å². The average molecular weight is 520 g/mol. The van der Waals surface area contributed by atoms with Crippen LogP contribution in [0.1, 0.15) is 32.6 Å².